The quantitative estimate of drug-likeness (QED) is 0.301. The van der Waals surface area contributed by atoms with Crippen molar-refractivity contribution >= 4 is 29.9 Å². The number of methoxy groups -OCH3 is 1. The molecule has 0 aromatic heterocycles. The van der Waals surface area contributed by atoms with Crippen molar-refractivity contribution in [3.8, 4) is 0 Å². The second-order valence-electron chi connectivity index (χ2n) is 5.93. The van der Waals surface area contributed by atoms with Crippen LogP contribution in [0.5, 0.6) is 0 Å². The molecule has 7 heteroatoms. The maximum atomic E-state index is 14.3. The summed E-state index contributed by atoms with van der Waals surface area (Å²) in [6, 6.07) is 4.09. The van der Waals surface area contributed by atoms with E-state index in [0.29, 0.717) is 25.7 Å². The van der Waals surface area contributed by atoms with E-state index in [1.165, 1.54) is 18.2 Å². The van der Waals surface area contributed by atoms with Crippen LogP contribution in [-0.4, -0.2) is 39.8 Å². The summed E-state index contributed by atoms with van der Waals surface area (Å²) in [7, 11) is 3.31. The molecule has 0 spiro atoms. The molecule has 0 unspecified atom stereocenters. The molecule has 0 saturated heterocycles. The zero-order chi connectivity index (χ0) is 16.7. The van der Waals surface area contributed by atoms with Crippen LogP contribution < -0.4 is 10.6 Å². The fourth-order valence-electron chi connectivity index (χ4n) is 3.32. The van der Waals surface area contributed by atoms with Crippen molar-refractivity contribution in [2.75, 3.05) is 33.9 Å². The van der Waals surface area contributed by atoms with Gasteiger partial charge in [-0.05, 0) is 25.0 Å². The summed E-state index contributed by atoms with van der Waals surface area (Å²) < 4.78 is 33.5. The molecule has 2 rings (SSSR count). The van der Waals surface area contributed by atoms with Crippen LogP contribution >= 0.6 is 24.0 Å². The van der Waals surface area contributed by atoms with E-state index in [-0.39, 0.29) is 29.5 Å². The molecule has 0 bridgehead atoms. The van der Waals surface area contributed by atoms with E-state index in [1.807, 2.05) is 0 Å². The Hall–Kier alpha value is -0.960. The van der Waals surface area contributed by atoms with Gasteiger partial charge in [-0.3, -0.25) is 4.99 Å². The first-order valence-electron chi connectivity index (χ1n) is 8.01. The topological polar surface area (TPSA) is 45.7 Å². The standard InChI is InChI=1S/C17H25F2N3O.HI/c1-20-16(21-10-11-23-2)22-12-17(8-3-4-9-17)15-13(18)6-5-7-14(15)19;/h5-7H,3-4,8-12H2,1-2H3,(H2,20,21,22);1H. The molecule has 4 nitrogen and oxygen atoms in total. The number of benzene rings is 1. The van der Waals surface area contributed by atoms with E-state index in [0.717, 1.165) is 25.7 Å². The molecule has 1 aliphatic rings. The third-order valence-corrected chi connectivity index (χ3v) is 4.47. The van der Waals surface area contributed by atoms with E-state index in [2.05, 4.69) is 15.6 Å². The van der Waals surface area contributed by atoms with E-state index in [1.54, 1.807) is 14.2 Å². The number of halogens is 3. The van der Waals surface area contributed by atoms with E-state index >= 15 is 0 Å². The molecule has 0 radical (unpaired) electrons. The van der Waals surface area contributed by atoms with Gasteiger partial charge in [0.1, 0.15) is 11.6 Å². The second kappa shape index (κ2) is 10.1. The number of nitrogens with one attached hydrogen (secondary N) is 2. The molecule has 136 valence electrons. The minimum Gasteiger partial charge on any atom is -0.383 e. The van der Waals surface area contributed by atoms with Gasteiger partial charge in [0.15, 0.2) is 5.96 Å². The number of aliphatic imine (C=N–C) groups is 1. The van der Waals surface area contributed by atoms with E-state index < -0.39 is 17.0 Å². The fourth-order valence-corrected chi connectivity index (χ4v) is 3.32. The Balaban J connectivity index is 0.00000288. The van der Waals surface area contributed by atoms with Gasteiger partial charge in [-0.2, -0.15) is 0 Å². The smallest absolute Gasteiger partial charge is 0.191 e. The monoisotopic (exact) mass is 453 g/mol. The average molecular weight is 453 g/mol. The predicted octanol–water partition coefficient (Wildman–Crippen LogP) is 3.21. The molecule has 24 heavy (non-hydrogen) atoms. The number of guanidine groups is 1. The minimum atomic E-state index is -0.520. The second-order valence-corrected chi connectivity index (χ2v) is 5.93. The van der Waals surface area contributed by atoms with Gasteiger partial charge < -0.3 is 15.4 Å². The lowest BCUT2D eigenvalue weighted by Gasteiger charge is -2.31. The van der Waals surface area contributed by atoms with Crippen molar-refractivity contribution in [3.63, 3.8) is 0 Å². The summed E-state index contributed by atoms with van der Waals surface area (Å²) in [5.74, 6) is -0.308. The maximum Gasteiger partial charge on any atom is 0.191 e. The largest absolute Gasteiger partial charge is 0.383 e. The van der Waals surface area contributed by atoms with E-state index in [4.69, 9.17) is 4.74 Å². The highest BCUT2D eigenvalue weighted by Gasteiger charge is 2.39. The molecule has 0 amide bonds. The Morgan fingerprint density at radius 2 is 1.83 bits per heavy atom. The van der Waals surface area contributed by atoms with Crippen LogP contribution in [0.25, 0.3) is 0 Å². The van der Waals surface area contributed by atoms with Gasteiger partial charge in [0.2, 0.25) is 0 Å². The molecule has 1 saturated carbocycles. The summed E-state index contributed by atoms with van der Waals surface area (Å²) >= 11 is 0. The lowest BCUT2D eigenvalue weighted by Crippen LogP contribution is -2.46. The summed E-state index contributed by atoms with van der Waals surface area (Å²) in [6.45, 7) is 1.64. The zero-order valence-corrected chi connectivity index (χ0v) is 16.5. The first-order valence-corrected chi connectivity index (χ1v) is 8.01. The number of ether oxygens (including phenoxy) is 1. The first kappa shape index (κ1) is 21.1. The zero-order valence-electron chi connectivity index (χ0n) is 14.2. The first-order chi connectivity index (χ1) is 11.1. The molecular formula is C17H26F2IN3O. The Morgan fingerprint density at radius 1 is 1.21 bits per heavy atom. The van der Waals surface area contributed by atoms with E-state index in [9.17, 15) is 8.78 Å². The van der Waals surface area contributed by atoms with Crippen molar-refractivity contribution in [1.82, 2.24) is 10.6 Å². The molecule has 0 atom stereocenters. The predicted molar refractivity (Wildman–Crippen MR) is 103 cm³/mol. The van der Waals surface area contributed by atoms with Crippen molar-refractivity contribution in [2.24, 2.45) is 4.99 Å². The van der Waals surface area contributed by atoms with Crippen LogP contribution in [0, 0.1) is 11.6 Å². The van der Waals surface area contributed by atoms with Crippen molar-refractivity contribution in [3.05, 3.63) is 35.4 Å². The van der Waals surface area contributed by atoms with Gasteiger partial charge in [-0.25, -0.2) is 8.78 Å². The molecule has 1 aromatic rings. The van der Waals surface area contributed by atoms with Crippen LogP contribution in [0.3, 0.4) is 0 Å². The SMILES string of the molecule is CN=C(NCCOC)NCC1(c2c(F)cccc2F)CCCC1.I. The average Bonchev–Trinajstić information content (AvgIpc) is 3.00. The highest BCUT2D eigenvalue weighted by Crippen LogP contribution is 2.42. The third-order valence-electron chi connectivity index (χ3n) is 4.47. The van der Waals surface area contributed by atoms with Gasteiger partial charge in [0, 0.05) is 38.2 Å². The highest BCUT2D eigenvalue weighted by atomic mass is 127. The Morgan fingerprint density at radius 3 is 2.38 bits per heavy atom. The van der Waals surface area contributed by atoms with Gasteiger partial charge in [0.05, 0.1) is 6.61 Å². The number of nitrogens with zero attached hydrogens (tertiary/aromatic N) is 1. The van der Waals surface area contributed by atoms with Crippen LogP contribution in [0.15, 0.2) is 23.2 Å². The van der Waals surface area contributed by atoms with Crippen LogP contribution in [-0.2, 0) is 10.2 Å². The number of hydrogen-bond donors (Lipinski definition) is 2. The molecule has 1 aliphatic carbocycles. The molecular weight excluding hydrogens is 427 g/mol. The lowest BCUT2D eigenvalue weighted by atomic mass is 9.78. The summed E-state index contributed by atoms with van der Waals surface area (Å²) in [6.07, 6.45) is 3.50. The van der Waals surface area contributed by atoms with Gasteiger partial charge in [-0.1, -0.05) is 18.9 Å². The van der Waals surface area contributed by atoms with Crippen molar-refractivity contribution in [1.29, 1.82) is 0 Å². The Bertz CT molecular complexity index is 528. The van der Waals surface area contributed by atoms with Crippen molar-refractivity contribution in [2.45, 2.75) is 31.1 Å². The van der Waals surface area contributed by atoms with Gasteiger partial charge in [0.25, 0.3) is 0 Å². The van der Waals surface area contributed by atoms with Gasteiger partial charge >= 0.3 is 0 Å². The highest BCUT2D eigenvalue weighted by molar-refractivity contribution is 14.0. The summed E-state index contributed by atoms with van der Waals surface area (Å²) in [5, 5.41) is 6.33. The minimum absolute atomic E-state index is 0. The fraction of sp³-hybridized carbons (Fsp3) is 0.588. The summed E-state index contributed by atoms with van der Waals surface area (Å²) in [5.41, 5.74) is -0.314. The maximum absolute atomic E-state index is 14.3. The molecule has 2 N–H and O–H groups in total. The molecule has 0 heterocycles. The molecule has 1 fully saturated rings. The number of rotatable bonds is 6. The Labute approximate surface area is 159 Å². The van der Waals surface area contributed by atoms with Gasteiger partial charge in [-0.15, -0.1) is 24.0 Å². The van der Waals surface area contributed by atoms with Crippen molar-refractivity contribution < 1.29 is 13.5 Å². The normalized spacial score (nSPS) is 16.6. The lowest BCUT2D eigenvalue weighted by molar-refractivity contribution is 0.203. The molecule has 0 aliphatic heterocycles. The van der Waals surface area contributed by atoms with Crippen LogP contribution in [0.1, 0.15) is 31.2 Å². The van der Waals surface area contributed by atoms with Crippen LogP contribution in [0.4, 0.5) is 8.78 Å². The number of hydrogen-bond acceptors (Lipinski definition) is 2. The Kier molecular flexibility index (Phi) is 8.90. The third kappa shape index (κ3) is 5.02. The summed E-state index contributed by atoms with van der Waals surface area (Å²) in [4.78, 5) is 4.14. The molecule has 1 aromatic carbocycles. The van der Waals surface area contributed by atoms with Crippen LogP contribution in [0.2, 0.25) is 0 Å².